The summed E-state index contributed by atoms with van der Waals surface area (Å²) in [5, 5.41) is 2.37. The van der Waals surface area contributed by atoms with Crippen LogP contribution >= 0.6 is 11.8 Å². The molecule has 2 heterocycles. The fourth-order valence-electron chi connectivity index (χ4n) is 2.51. The van der Waals surface area contributed by atoms with Crippen LogP contribution in [0.1, 0.15) is 24.8 Å². The van der Waals surface area contributed by atoms with Crippen LogP contribution in [0, 0.1) is 6.92 Å². The molecule has 0 bridgehead atoms. The van der Waals surface area contributed by atoms with Gasteiger partial charge in [0.1, 0.15) is 0 Å². The van der Waals surface area contributed by atoms with E-state index in [1.165, 1.54) is 30.2 Å². The van der Waals surface area contributed by atoms with Gasteiger partial charge in [-0.3, -0.25) is 0 Å². The molecule has 1 aromatic carbocycles. The van der Waals surface area contributed by atoms with Gasteiger partial charge in [0.15, 0.2) is 0 Å². The Kier molecular flexibility index (Phi) is 4.04. The predicted octanol–water partition coefficient (Wildman–Crippen LogP) is 4.20. The van der Waals surface area contributed by atoms with Gasteiger partial charge in [-0.15, -0.1) is 11.8 Å². The number of benzene rings is 1. The molecular formula is C16H19NOS. The zero-order valence-corrected chi connectivity index (χ0v) is 12.1. The highest BCUT2D eigenvalue weighted by Crippen LogP contribution is 2.26. The van der Waals surface area contributed by atoms with Crippen molar-refractivity contribution in [1.82, 2.24) is 4.98 Å². The quantitative estimate of drug-likeness (QED) is 0.782. The summed E-state index contributed by atoms with van der Waals surface area (Å²) in [6.07, 6.45) is 4.12. The van der Waals surface area contributed by atoms with E-state index >= 15 is 0 Å². The lowest BCUT2D eigenvalue weighted by Gasteiger charge is -2.21. The fraction of sp³-hybridized carbons (Fsp3) is 0.438. The van der Waals surface area contributed by atoms with Crippen molar-refractivity contribution in [1.29, 1.82) is 0 Å². The first-order chi connectivity index (χ1) is 9.33. The highest BCUT2D eigenvalue weighted by atomic mass is 32.2. The summed E-state index contributed by atoms with van der Waals surface area (Å²) >= 11 is 1.82. The third-order valence-electron chi connectivity index (χ3n) is 3.59. The summed E-state index contributed by atoms with van der Waals surface area (Å²) < 4.78 is 5.77. The Hall–Kier alpha value is -1.06. The van der Waals surface area contributed by atoms with Crippen LogP contribution in [0.4, 0.5) is 0 Å². The first kappa shape index (κ1) is 12.9. The second kappa shape index (κ2) is 5.93. The molecule has 1 unspecified atom stereocenters. The minimum absolute atomic E-state index is 0.410. The van der Waals surface area contributed by atoms with E-state index in [1.807, 2.05) is 17.8 Å². The third-order valence-corrected chi connectivity index (χ3v) is 4.63. The van der Waals surface area contributed by atoms with Crippen molar-refractivity contribution in [3.05, 3.63) is 35.9 Å². The number of ether oxygens (including phenoxy) is 1. The van der Waals surface area contributed by atoms with Crippen LogP contribution in [0.15, 0.2) is 35.4 Å². The molecule has 1 aliphatic heterocycles. The number of hydrogen-bond donors (Lipinski definition) is 0. The zero-order chi connectivity index (χ0) is 13.1. The predicted molar refractivity (Wildman–Crippen MR) is 80.8 cm³/mol. The van der Waals surface area contributed by atoms with Gasteiger partial charge in [0.2, 0.25) is 0 Å². The van der Waals surface area contributed by atoms with Crippen LogP contribution in [-0.2, 0) is 4.74 Å². The highest BCUT2D eigenvalue weighted by Gasteiger charge is 2.14. The van der Waals surface area contributed by atoms with Gasteiger partial charge < -0.3 is 4.74 Å². The van der Waals surface area contributed by atoms with E-state index in [-0.39, 0.29) is 0 Å². The van der Waals surface area contributed by atoms with Gasteiger partial charge in [0, 0.05) is 17.7 Å². The Morgan fingerprint density at radius 1 is 1.32 bits per heavy atom. The number of pyridine rings is 1. The second-order valence-electron chi connectivity index (χ2n) is 5.09. The molecule has 0 spiro atoms. The van der Waals surface area contributed by atoms with Gasteiger partial charge in [0.25, 0.3) is 0 Å². The topological polar surface area (TPSA) is 22.1 Å². The lowest BCUT2D eigenvalue weighted by atomic mass is 10.1. The Morgan fingerprint density at radius 2 is 2.21 bits per heavy atom. The number of fused-ring (bicyclic) bond motifs is 1. The zero-order valence-electron chi connectivity index (χ0n) is 11.3. The van der Waals surface area contributed by atoms with Crippen molar-refractivity contribution in [3.63, 3.8) is 0 Å². The summed E-state index contributed by atoms with van der Waals surface area (Å²) in [6, 6.07) is 10.5. The number of rotatable bonds is 3. The molecule has 1 aliphatic rings. The molecule has 0 N–H and O–H groups in total. The number of thioether (sulfide) groups is 1. The number of para-hydroxylation sites is 1. The third kappa shape index (κ3) is 3.10. The Bertz CT molecular complexity index is 564. The molecular weight excluding hydrogens is 254 g/mol. The summed E-state index contributed by atoms with van der Waals surface area (Å²) in [5.74, 6) is 1.02. The first-order valence-corrected chi connectivity index (χ1v) is 7.92. The standard InChI is InChI=1S/C16H19NOS/c1-12-10-16(17-15-8-3-2-7-14(12)15)19-11-13-6-4-5-9-18-13/h2-3,7-8,10,13H,4-6,9,11H2,1H3. The van der Waals surface area contributed by atoms with Crippen molar-refractivity contribution in [2.75, 3.05) is 12.4 Å². The van der Waals surface area contributed by atoms with Crippen LogP contribution < -0.4 is 0 Å². The minimum atomic E-state index is 0.410. The minimum Gasteiger partial charge on any atom is -0.377 e. The van der Waals surface area contributed by atoms with E-state index in [9.17, 15) is 0 Å². The van der Waals surface area contributed by atoms with Crippen LogP contribution in [0.3, 0.4) is 0 Å². The summed E-state index contributed by atoms with van der Waals surface area (Å²) in [4.78, 5) is 4.73. The van der Waals surface area contributed by atoms with Crippen LogP contribution in [0.25, 0.3) is 10.9 Å². The SMILES string of the molecule is Cc1cc(SCC2CCCCO2)nc2ccccc12. The van der Waals surface area contributed by atoms with E-state index in [4.69, 9.17) is 9.72 Å². The van der Waals surface area contributed by atoms with Gasteiger partial charge in [-0.25, -0.2) is 4.98 Å². The van der Waals surface area contributed by atoms with Crippen molar-refractivity contribution in [2.45, 2.75) is 37.3 Å². The molecule has 100 valence electrons. The Morgan fingerprint density at radius 3 is 3.05 bits per heavy atom. The normalized spacial score (nSPS) is 19.7. The first-order valence-electron chi connectivity index (χ1n) is 6.94. The van der Waals surface area contributed by atoms with Crippen molar-refractivity contribution in [2.24, 2.45) is 0 Å². The number of nitrogens with zero attached hydrogens (tertiary/aromatic N) is 1. The second-order valence-corrected chi connectivity index (χ2v) is 6.13. The molecule has 19 heavy (non-hydrogen) atoms. The highest BCUT2D eigenvalue weighted by molar-refractivity contribution is 7.99. The smallest absolute Gasteiger partial charge is 0.0971 e. The molecule has 3 rings (SSSR count). The molecule has 1 fully saturated rings. The van der Waals surface area contributed by atoms with Crippen LogP contribution in [-0.4, -0.2) is 23.4 Å². The van der Waals surface area contributed by atoms with Crippen LogP contribution in [0.2, 0.25) is 0 Å². The fourth-order valence-corrected chi connectivity index (χ4v) is 3.55. The van der Waals surface area contributed by atoms with Crippen molar-refractivity contribution in [3.8, 4) is 0 Å². The van der Waals surface area contributed by atoms with Gasteiger partial charge in [0.05, 0.1) is 16.6 Å². The maximum absolute atomic E-state index is 5.77. The molecule has 0 saturated carbocycles. The van der Waals surface area contributed by atoms with Crippen LogP contribution in [0.5, 0.6) is 0 Å². The number of aryl methyl sites for hydroxylation is 1. The monoisotopic (exact) mass is 273 g/mol. The number of aromatic nitrogens is 1. The summed E-state index contributed by atoms with van der Waals surface area (Å²) in [7, 11) is 0. The molecule has 1 atom stereocenters. The molecule has 0 aliphatic carbocycles. The maximum Gasteiger partial charge on any atom is 0.0971 e. The Labute approximate surface area is 118 Å². The lowest BCUT2D eigenvalue weighted by Crippen LogP contribution is -2.21. The largest absolute Gasteiger partial charge is 0.377 e. The van der Waals surface area contributed by atoms with E-state index < -0.39 is 0 Å². The van der Waals surface area contributed by atoms with Gasteiger partial charge in [-0.2, -0.15) is 0 Å². The van der Waals surface area contributed by atoms with Gasteiger partial charge in [-0.05, 0) is 43.9 Å². The van der Waals surface area contributed by atoms with Crippen molar-refractivity contribution >= 4 is 22.7 Å². The Balaban J connectivity index is 1.73. The maximum atomic E-state index is 5.77. The molecule has 3 heteroatoms. The van der Waals surface area contributed by atoms with E-state index in [0.717, 1.165) is 22.9 Å². The average Bonchev–Trinajstić information content (AvgIpc) is 2.46. The average molecular weight is 273 g/mol. The van der Waals surface area contributed by atoms with Gasteiger partial charge in [-0.1, -0.05) is 18.2 Å². The molecule has 2 nitrogen and oxygen atoms in total. The summed E-state index contributed by atoms with van der Waals surface area (Å²) in [6.45, 7) is 3.08. The molecule has 2 aromatic rings. The van der Waals surface area contributed by atoms with E-state index in [1.54, 1.807) is 0 Å². The molecule has 0 radical (unpaired) electrons. The van der Waals surface area contributed by atoms with E-state index in [2.05, 4.69) is 31.2 Å². The van der Waals surface area contributed by atoms with Crippen molar-refractivity contribution < 1.29 is 4.74 Å². The van der Waals surface area contributed by atoms with Gasteiger partial charge >= 0.3 is 0 Å². The lowest BCUT2D eigenvalue weighted by molar-refractivity contribution is 0.0315. The molecule has 0 amide bonds. The molecule has 1 aromatic heterocycles. The summed E-state index contributed by atoms with van der Waals surface area (Å²) in [5.41, 5.74) is 2.40. The molecule has 1 saturated heterocycles. The number of hydrogen-bond acceptors (Lipinski definition) is 3. The van der Waals surface area contributed by atoms with E-state index in [0.29, 0.717) is 6.10 Å².